The Morgan fingerprint density at radius 3 is 3.09 bits per heavy atom. The maximum atomic E-state index is 11.1. The van der Waals surface area contributed by atoms with Gasteiger partial charge in [-0.2, -0.15) is 0 Å². The van der Waals surface area contributed by atoms with Gasteiger partial charge in [-0.05, 0) is 31.6 Å². The molecule has 0 bridgehead atoms. The van der Waals surface area contributed by atoms with Crippen LogP contribution in [0, 0.1) is 11.8 Å². The maximum Gasteiger partial charge on any atom is 0.308 e. The molecule has 0 amide bonds. The zero-order valence-corrected chi connectivity index (χ0v) is 6.88. The van der Waals surface area contributed by atoms with Gasteiger partial charge in [-0.15, -0.1) is 0 Å². The summed E-state index contributed by atoms with van der Waals surface area (Å²) in [4.78, 5) is 11.1. The highest BCUT2D eigenvalue weighted by Gasteiger charge is 2.37. The van der Waals surface area contributed by atoms with Crippen molar-refractivity contribution in [3.8, 4) is 0 Å². The van der Waals surface area contributed by atoms with Gasteiger partial charge in [0, 0.05) is 0 Å². The molecule has 0 aromatic carbocycles. The van der Waals surface area contributed by atoms with Crippen LogP contribution in [0.5, 0.6) is 0 Å². The average molecular weight is 154 g/mol. The van der Waals surface area contributed by atoms with Gasteiger partial charge in [0.2, 0.25) is 0 Å². The van der Waals surface area contributed by atoms with E-state index in [1.807, 2.05) is 6.92 Å². The van der Waals surface area contributed by atoms with Crippen molar-refractivity contribution in [1.29, 1.82) is 0 Å². The highest BCUT2D eigenvalue weighted by atomic mass is 16.5. The third-order valence-electron chi connectivity index (χ3n) is 2.92. The molecular formula is C9H14O2. The minimum atomic E-state index is 0.0214. The fourth-order valence-electron chi connectivity index (χ4n) is 2.24. The first kappa shape index (κ1) is 7.14. The summed E-state index contributed by atoms with van der Waals surface area (Å²) in [5.41, 5.74) is 0. The first-order valence-electron chi connectivity index (χ1n) is 4.48. The summed E-state index contributed by atoms with van der Waals surface area (Å²) in [6.07, 6.45) is 4.95. The topological polar surface area (TPSA) is 26.3 Å². The molecule has 62 valence electrons. The van der Waals surface area contributed by atoms with Crippen molar-refractivity contribution in [2.45, 2.75) is 38.7 Å². The molecular weight excluding hydrogens is 140 g/mol. The van der Waals surface area contributed by atoms with Gasteiger partial charge in [-0.1, -0.05) is 6.92 Å². The van der Waals surface area contributed by atoms with Crippen molar-refractivity contribution >= 4 is 5.97 Å². The lowest BCUT2D eigenvalue weighted by molar-refractivity contribution is -0.162. The molecule has 0 aromatic rings. The molecule has 2 nitrogen and oxygen atoms in total. The van der Waals surface area contributed by atoms with E-state index >= 15 is 0 Å². The second-order valence-corrected chi connectivity index (χ2v) is 3.80. The maximum absolute atomic E-state index is 11.1. The van der Waals surface area contributed by atoms with Crippen molar-refractivity contribution < 1.29 is 9.53 Å². The van der Waals surface area contributed by atoms with Crippen LogP contribution in [0.1, 0.15) is 32.6 Å². The van der Waals surface area contributed by atoms with Crippen LogP contribution in [0.15, 0.2) is 0 Å². The predicted molar refractivity (Wildman–Crippen MR) is 41.0 cm³/mol. The Morgan fingerprint density at radius 2 is 2.27 bits per heavy atom. The second-order valence-electron chi connectivity index (χ2n) is 3.80. The molecule has 2 fully saturated rings. The highest BCUT2D eigenvalue weighted by Crippen LogP contribution is 2.37. The van der Waals surface area contributed by atoms with Crippen LogP contribution in [0.3, 0.4) is 0 Å². The molecule has 0 spiro atoms. The Bertz CT molecular complexity index is 176. The largest absolute Gasteiger partial charge is 0.462 e. The number of carbonyl (C=O) groups excluding carboxylic acids is 1. The van der Waals surface area contributed by atoms with Gasteiger partial charge < -0.3 is 4.74 Å². The van der Waals surface area contributed by atoms with Gasteiger partial charge in [0.15, 0.2) is 0 Å². The van der Waals surface area contributed by atoms with Crippen molar-refractivity contribution in [3.63, 3.8) is 0 Å². The molecule has 0 radical (unpaired) electrons. The number of carbonyl (C=O) groups is 1. The number of esters is 1. The van der Waals surface area contributed by atoms with Crippen molar-refractivity contribution in [1.82, 2.24) is 0 Å². The first-order valence-corrected chi connectivity index (χ1v) is 4.48. The zero-order valence-electron chi connectivity index (χ0n) is 6.88. The predicted octanol–water partition coefficient (Wildman–Crippen LogP) is 1.74. The molecule has 2 rings (SSSR count). The van der Waals surface area contributed by atoms with Gasteiger partial charge in [-0.3, -0.25) is 4.79 Å². The summed E-state index contributed by atoms with van der Waals surface area (Å²) in [6, 6.07) is 0. The Hall–Kier alpha value is -0.530. The van der Waals surface area contributed by atoms with Crippen LogP contribution in [0.4, 0.5) is 0 Å². The van der Waals surface area contributed by atoms with E-state index in [0.29, 0.717) is 5.92 Å². The van der Waals surface area contributed by atoms with Crippen molar-refractivity contribution in [2.24, 2.45) is 11.8 Å². The van der Waals surface area contributed by atoms with Gasteiger partial charge in [-0.25, -0.2) is 0 Å². The van der Waals surface area contributed by atoms with Gasteiger partial charge in [0.25, 0.3) is 0 Å². The Labute approximate surface area is 66.9 Å². The third kappa shape index (κ3) is 1.15. The highest BCUT2D eigenvalue weighted by molar-refractivity contribution is 5.73. The van der Waals surface area contributed by atoms with Crippen molar-refractivity contribution in [3.05, 3.63) is 0 Å². The van der Waals surface area contributed by atoms with Crippen LogP contribution < -0.4 is 0 Å². The summed E-state index contributed by atoms with van der Waals surface area (Å²) in [6.45, 7) is 1.97. The smallest absolute Gasteiger partial charge is 0.308 e. The van der Waals surface area contributed by atoms with E-state index in [2.05, 4.69) is 0 Å². The van der Waals surface area contributed by atoms with E-state index in [1.54, 1.807) is 0 Å². The fourth-order valence-corrected chi connectivity index (χ4v) is 2.24. The molecule has 1 saturated heterocycles. The fraction of sp³-hybridized carbons (Fsp3) is 0.889. The van der Waals surface area contributed by atoms with Gasteiger partial charge in [0.05, 0.1) is 5.92 Å². The van der Waals surface area contributed by atoms with E-state index in [4.69, 9.17) is 4.74 Å². The third-order valence-corrected chi connectivity index (χ3v) is 2.92. The molecule has 1 heterocycles. The van der Waals surface area contributed by atoms with E-state index in [9.17, 15) is 4.79 Å². The number of ether oxygens (including phenoxy) is 1. The average Bonchev–Trinajstić information content (AvgIpc) is 2.36. The molecule has 0 aromatic heterocycles. The summed E-state index contributed by atoms with van der Waals surface area (Å²) < 4.78 is 5.28. The standard InChI is InChI=1S/C9H14O2/c1-6-5-7-3-2-4-8(7)11-9(6)10/h6-8H,2-5H2,1H3/t6-,7+,8+/m1/s1. The van der Waals surface area contributed by atoms with Crippen LogP contribution in [-0.4, -0.2) is 12.1 Å². The molecule has 1 saturated carbocycles. The van der Waals surface area contributed by atoms with Crippen LogP contribution >= 0.6 is 0 Å². The lowest BCUT2D eigenvalue weighted by Gasteiger charge is -2.28. The molecule has 2 heteroatoms. The van der Waals surface area contributed by atoms with Crippen LogP contribution in [0.2, 0.25) is 0 Å². The van der Waals surface area contributed by atoms with E-state index in [1.165, 1.54) is 12.8 Å². The molecule has 3 atom stereocenters. The van der Waals surface area contributed by atoms with Crippen molar-refractivity contribution in [2.75, 3.05) is 0 Å². The Balaban J connectivity index is 2.06. The van der Waals surface area contributed by atoms with E-state index in [0.717, 1.165) is 12.8 Å². The number of hydrogen-bond donors (Lipinski definition) is 0. The minimum absolute atomic E-state index is 0.0214. The van der Waals surface area contributed by atoms with Gasteiger partial charge in [0.1, 0.15) is 6.10 Å². The molecule has 2 aliphatic rings. The lowest BCUT2D eigenvalue weighted by Crippen LogP contribution is -2.33. The summed E-state index contributed by atoms with van der Waals surface area (Å²) >= 11 is 0. The number of rotatable bonds is 0. The quantitative estimate of drug-likeness (QED) is 0.497. The summed E-state index contributed by atoms with van der Waals surface area (Å²) in [5.74, 6) is 0.852. The minimum Gasteiger partial charge on any atom is -0.462 e. The molecule has 1 aliphatic heterocycles. The zero-order chi connectivity index (χ0) is 7.84. The molecule has 0 unspecified atom stereocenters. The molecule has 0 N–H and O–H groups in total. The monoisotopic (exact) mass is 154 g/mol. The van der Waals surface area contributed by atoms with E-state index < -0.39 is 0 Å². The molecule has 1 aliphatic carbocycles. The molecule has 11 heavy (non-hydrogen) atoms. The van der Waals surface area contributed by atoms with Crippen LogP contribution in [0.25, 0.3) is 0 Å². The first-order chi connectivity index (χ1) is 5.27. The van der Waals surface area contributed by atoms with E-state index in [-0.39, 0.29) is 18.0 Å². The Kier molecular flexibility index (Phi) is 1.63. The summed E-state index contributed by atoms with van der Waals surface area (Å²) in [7, 11) is 0. The van der Waals surface area contributed by atoms with Crippen LogP contribution in [-0.2, 0) is 9.53 Å². The number of hydrogen-bond acceptors (Lipinski definition) is 2. The normalized spacial score (nSPS) is 43.4. The number of fused-ring (bicyclic) bond motifs is 1. The lowest BCUT2D eigenvalue weighted by atomic mass is 9.90. The second kappa shape index (κ2) is 2.50. The Morgan fingerprint density at radius 1 is 1.45 bits per heavy atom. The SMILES string of the molecule is C[C@@H]1C[C@@H]2CCC[C@@H]2OC1=O. The van der Waals surface area contributed by atoms with Gasteiger partial charge >= 0.3 is 5.97 Å². The summed E-state index contributed by atoms with van der Waals surface area (Å²) in [5, 5.41) is 0.